The Hall–Kier alpha value is -1.35. The third kappa shape index (κ3) is 2.61. The van der Waals surface area contributed by atoms with Crippen LogP contribution in [-0.4, -0.2) is 11.1 Å². The minimum Gasteiger partial charge on any atom is -0.480 e. The third-order valence-electron chi connectivity index (χ3n) is 2.75. The number of carboxylic acid groups (broad SMARTS) is 1. The van der Waals surface area contributed by atoms with Gasteiger partial charge in [0, 0.05) is 0 Å². The first-order chi connectivity index (χ1) is 7.23. The van der Waals surface area contributed by atoms with Gasteiger partial charge in [0.1, 0.15) is 6.04 Å². The second-order valence-electron chi connectivity index (χ2n) is 5.14. The fourth-order valence-corrected chi connectivity index (χ4v) is 1.58. The van der Waals surface area contributed by atoms with Gasteiger partial charge in [-0.25, -0.2) is 0 Å². The van der Waals surface area contributed by atoms with E-state index in [1.165, 1.54) is 0 Å². The summed E-state index contributed by atoms with van der Waals surface area (Å²) in [6.07, 6.45) is 0. The maximum atomic E-state index is 10.9. The minimum atomic E-state index is -0.992. The Bertz CT molecular complexity index is 405. The number of aryl methyl sites for hydroxylation is 1. The van der Waals surface area contributed by atoms with E-state index in [0.29, 0.717) is 5.56 Å². The van der Waals surface area contributed by atoms with Crippen molar-refractivity contribution in [2.75, 3.05) is 0 Å². The van der Waals surface area contributed by atoms with E-state index in [9.17, 15) is 4.79 Å². The van der Waals surface area contributed by atoms with Gasteiger partial charge in [0.2, 0.25) is 0 Å². The number of hydrogen-bond acceptors (Lipinski definition) is 2. The molecule has 0 radical (unpaired) electrons. The Balaban J connectivity index is 3.24. The number of rotatable bonds is 2. The fourth-order valence-electron chi connectivity index (χ4n) is 1.58. The van der Waals surface area contributed by atoms with Gasteiger partial charge in [-0.1, -0.05) is 39.0 Å². The molecule has 1 unspecified atom stereocenters. The Kier molecular flexibility index (Phi) is 3.38. The van der Waals surface area contributed by atoms with Crippen molar-refractivity contribution in [1.82, 2.24) is 0 Å². The molecule has 0 fully saturated rings. The van der Waals surface area contributed by atoms with Crippen molar-refractivity contribution < 1.29 is 9.90 Å². The molecule has 1 atom stereocenters. The Morgan fingerprint density at radius 1 is 1.38 bits per heavy atom. The third-order valence-corrected chi connectivity index (χ3v) is 2.75. The van der Waals surface area contributed by atoms with Crippen molar-refractivity contribution in [3.63, 3.8) is 0 Å². The lowest BCUT2D eigenvalue weighted by Crippen LogP contribution is -2.22. The molecular weight excluding hydrogens is 202 g/mol. The van der Waals surface area contributed by atoms with Crippen LogP contribution < -0.4 is 5.73 Å². The number of benzene rings is 1. The second-order valence-corrected chi connectivity index (χ2v) is 5.14. The van der Waals surface area contributed by atoms with Gasteiger partial charge >= 0.3 is 5.97 Å². The van der Waals surface area contributed by atoms with E-state index < -0.39 is 12.0 Å². The zero-order valence-electron chi connectivity index (χ0n) is 10.2. The van der Waals surface area contributed by atoms with Crippen molar-refractivity contribution in [3.8, 4) is 0 Å². The maximum absolute atomic E-state index is 10.9. The average molecular weight is 221 g/mol. The van der Waals surface area contributed by atoms with Crippen molar-refractivity contribution in [2.24, 2.45) is 5.73 Å². The quantitative estimate of drug-likeness (QED) is 0.806. The summed E-state index contributed by atoms with van der Waals surface area (Å²) in [6, 6.07) is 4.91. The molecule has 0 saturated heterocycles. The van der Waals surface area contributed by atoms with E-state index in [2.05, 4.69) is 20.8 Å². The summed E-state index contributed by atoms with van der Waals surface area (Å²) in [4.78, 5) is 10.9. The van der Waals surface area contributed by atoms with Crippen molar-refractivity contribution in [2.45, 2.75) is 39.2 Å². The average Bonchev–Trinajstić information content (AvgIpc) is 2.15. The first-order valence-corrected chi connectivity index (χ1v) is 5.33. The molecule has 16 heavy (non-hydrogen) atoms. The number of carbonyl (C=O) groups is 1. The first kappa shape index (κ1) is 12.7. The number of nitrogens with two attached hydrogens (primary N) is 1. The Labute approximate surface area is 96.3 Å². The molecule has 0 heterocycles. The molecule has 0 aliphatic rings. The first-order valence-electron chi connectivity index (χ1n) is 5.33. The van der Waals surface area contributed by atoms with E-state index in [4.69, 9.17) is 10.8 Å². The van der Waals surface area contributed by atoms with Crippen LogP contribution in [0.25, 0.3) is 0 Å². The highest BCUT2D eigenvalue weighted by Crippen LogP contribution is 2.26. The van der Waals surface area contributed by atoms with Gasteiger partial charge in [0.15, 0.2) is 0 Å². The molecule has 3 nitrogen and oxygen atoms in total. The van der Waals surface area contributed by atoms with Crippen LogP contribution in [0.5, 0.6) is 0 Å². The molecule has 88 valence electrons. The van der Waals surface area contributed by atoms with Crippen molar-refractivity contribution in [1.29, 1.82) is 0 Å². The van der Waals surface area contributed by atoms with Gasteiger partial charge in [0.25, 0.3) is 0 Å². The van der Waals surface area contributed by atoms with E-state index in [1.54, 1.807) is 0 Å². The van der Waals surface area contributed by atoms with Gasteiger partial charge in [-0.2, -0.15) is 0 Å². The highest BCUT2D eigenvalue weighted by atomic mass is 16.4. The van der Waals surface area contributed by atoms with Crippen LogP contribution in [0.4, 0.5) is 0 Å². The summed E-state index contributed by atoms with van der Waals surface area (Å²) < 4.78 is 0. The van der Waals surface area contributed by atoms with Crippen LogP contribution >= 0.6 is 0 Å². The SMILES string of the molecule is Cc1ccc(C(C)(C)C)cc1C(N)C(=O)O. The van der Waals surface area contributed by atoms with Crippen LogP contribution in [0.2, 0.25) is 0 Å². The summed E-state index contributed by atoms with van der Waals surface area (Å²) >= 11 is 0. The zero-order chi connectivity index (χ0) is 12.5. The number of hydrogen-bond donors (Lipinski definition) is 2. The largest absolute Gasteiger partial charge is 0.480 e. The molecule has 0 aliphatic carbocycles. The molecule has 1 aromatic rings. The highest BCUT2D eigenvalue weighted by molar-refractivity contribution is 5.75. The molecule has 1 rings (SSSR count). The predicted octanol–water partition coefficient (Wildman–Crippen LogP) is 2.38. The normalized spacial score (nSPS) is 13.6. The number of carboxylic acids is 1. The van der Waals surface area contributed by atoms with Gasteiger partial charge < -0.3 is 10.8 Å². The van der Waals surface area contributed by atoms with Crippen LogP contribution in [0.15, 0.2) is 18.2 Å². The molecule has 0 aromatic heterocycles. The smallest absolute Gasteiger partial charge is 0.325 e. The molecular formula is C13H19NO2. The minimum absolute atomic E-state index is 0.000668. The number of aliphatic carboxylic acids is 1. The predicted molar refractivity (Wildman–Crippen MR) is 64.4 cm³/mol. The molecule has 0 saturated carbocycles. The van der Waals surface area contributed by atoms with Crippen molar-refractivity contribution >= 4 is 5.97 Å². The summed E-state index contributed by atoms with van der Waals surface area (Å²) in [5.41, 5.74) is 8.37. The van der Waals surface area contributed by atoms with Crippen LogP contribution in [0.1, 0.15) is 43.5 Å². The molecule has 0 spiro atoms. The molecule has 3 heteroatoms. The summed E-state index contributed by atoms with van der Waals surface area (Å²) in [5, 5.41) is 8.93. The van der Waals surface area contributed by atoms with Gasteiger partial charge in [0.05, 0.1) is 0 Å². The fraction of sp³-hybridized carbons (Fsp3) is 0.462. The lowest BCUT2D eigenvalue weighted by molar-refractivity contribution is -0.138. The highest BCUT2D eigenvalue weighted by Gasteiger charge is 2.20. The summed E-state index contributed by atoms with van der Waals surface area (Å²) in [6.45, 7) is 8.15. The summed E-state index contributed by atoms with van der Waals surface area (Å²) in [7, 11) is 0. The van der Waals surface area contributed by atoms with E-state index >= 15 is 0 Å². The van der Waals surface area contributed by atoms with Gasteiger partial charge in [-0.05, 0) is 29.0 Å². The molecule has 0 bridgehead atoms. The van der Waals surface area contributed by atoms with E-state index in [1.807, 2.05) is 25.1 Å². The molecule has 3 N–H and O–H groups in total. The Morgan fingerprint density at radius 2 is 1.94 bits per heavy atom. The molecule has 0 amide bonds. The maximum Gasteiger partial charge on any atom is 0.325 e. The summed E-state index contributed by atoms with van der Waals surface area (Å²) in [5.74, 6) is -0.992. The lowest BCUT2D eigenvalue weighted by atomic mass is 9.84. The van der Waals surface area contributed by atoms with Gasteiger partial charge in [-0.15, -0.1) is 0 Å². The standard InChI is InChI=1S/C13H19NO2/c1-8-5-6-9(13(2,3)4)7-10(8)11(14)12(15)16/h5-7,11H,14H2,1-4H3,(H,15,16). The Morgan fingerprint density at radius 3 is 2.38 bits per heavy atom. The van der Waals surface area contributed by atoms with E-state index in [-0.39, 0.29) is 5.41 Å². The zero-order valence-corrected chi connectivity index (χ0v) is 10.2. The van der Waals surface area contributed by atoms with Crippen molar-refractivity contribution in [3.05, 3.63) is 34.9 Å². The van der Waals surface area contributed by atoms with Crippen LogP contribution in [0, 0.1) is 6.92 Å². The lowest BCUT2D eigenvalue weighted by Gasteiger charge is -2.21. The van der Waals surface area contributed by atoms with E-state index in [0.717, 1.165) is 11.1 Å². The van der Waals surface area contributed by atoms with Crippen LogP contribution in [0.3, 0.4) is 0 Å². The van der Waals surface area contributed by atoms with Crippen LogP contribution in [-0.2, 0) is 10.2 Å². The van der Waals surface area contributed by atoms with Gasteiger partial charge in [-0.3, -0.25) is 4.79 Å². The molecule has 1 aromatic carbocycles. The monoisotopic (exact) mass is 221 g/mol. The molecule has 0 aliphatic heterocycles. The second kappa shape index (κ2) is 4.26. The topological polar surface area (TPSA) is 63.3 Å².